The lowest BCUT2D eigenvalue weighted by Crippen LogP contribution is -2.23. The van der Waals surface area contributed by atoms with E-state index in [9.17, 15) is 5.11 Å². The Morgan fingerprint density at radius 1 is 1.53 bits per heavy atom. The number of aliphatic hydroxyl groups excluding tert-OH is 1. The van der Waals surface area contributed by atoms with Crippen LogP contribution < -0.4 is 0 Å². The Hall–Kier alpha value is -0.870. The third kappa shape index (κ3) is 4.13. The molecule has 1 N–H and O–H groups in total. The average Bonchev–Trinajstić information content (AvgIpc) is 2.75. The molecule has 0 amide bonds. The van der Waals surface area contributed by atoms with E-state index in [1.165, 1.54) is 0 Å². The summed E-state index contributed by atoms with van der Waals surface area (Å²) < 4.78 is 7.23. The smallest absolute Gasteiger partial charge is 0.0957 e. The molecule has 0 radical (unpaired) electrons. The van der Waals surface area contributed by atoms with Crippen molar-refractivity contribution in [1.82, 2.24) is 9.78 Å². The Balaban J connectivity index is 2.57. The van der Waals surface area contributed by atoms with Gasteiger partial charge in [0.15, 0.2) is 0 Å². The van der Waals surface area contributed by atoms with Gasteiger partial charge >= 0.3 is 0 Å². The number of aromatic nitrogens is 2. The first kappa shape index (κ1) is 14.2. The summed E-state index contributed by atoms with van der Waals surface area (Å²) in [6.45, 7) is 7.02. The molecule has 0 saturated heterocycles. The maximum atomic E-state index is 10.2. The molecule has 4 heteroatoms. The van der Waals surface area contributed by atoms with Gasteiger partial charge in [-0.15, -0.1) is 0 Å². The third-order valence-electron chi connectivity index (χ3n) is 3.10. The van der Waals surface area contributed by atoms with Crippen molar-refractivity contribution in [2.75, 3.05) is 7.11 Å². The highest BCUT2D eigenvalue weighted by molar-refractivity contribution is 5.04. The van der Waals surface area contributed by atoms with Crippen molar-refractivity contribution in [1.29, 1.82) is 0 Å². The molecule has 1 aromatic rings. The summed E-state index contributed by atoms with van der Waals surface area (Å²) in [7, 11) is 1.70. The van der Waals surface area contributed by atoms with Gasteiger partial charge in [0.25, 0.3) is 0 Å². The maximum absolute atomic E-state index is 10.2. The zero-order valence-corrected chi connectivity index (χ0v) is 11.3. The van der Waals surface area contributed by atoms with Crippen molar-refractivity contribution in [3.05, 3.63) is 18.0 Å². The molecule has 0 fully saturated rings. The Morgan fingerprint density at radius 3 is 2.82 bits per heavy atom. The van der Waals surface area contributed by atoms with Crippen LogP contribution in [0.3, 0.4) is 0 Å². The number of methoxy groups -OCH3 is 1. The highest BCUT2D eigenvalue weighted by atomic mass is 16.5. The molecule has 1 atom stereocenters. The molecule has 1 unspecified atom stereocenters. The van der Waals surface area contributed by atoms with Crippen molar-refractivity contribution >= 4 is 0 Å². The summed E-state index contributed by atoms with van der Waals surface area (Å²) >= 11 is 0. The topological polar surface area (TPSA) is 47.3 Å². The van der Waals surface area contributed by atoms with Crippen LogP contribution >= 0.6 is 0 Å². The Bertz CT molecular complexity index is 334. The zero-order valence-electron chi connectivity index (χ0n) is 11.3. The number of nitrogens with zero attached hydrogens (tertiary/aromatic N) is 2. The van der Waals surface area contributed by atoms with Gasteiger partial charge in [0.05, 0.1) is 17.4 Å². The molecule has 0 bridgehead atoms. The summed E-state index contributed by atoms with van der Waals surface area (Å²) in [5.41, 5.74) is 0.718. The van der Waals surface area contributed by atoms with E-state index >= 15 is 0 Å². The molecule has 1 heterocycles. The normalized spacial score (nSPS) is 13.9. The van der Waals surface area contributed by atoms with Crippen molar-refractivity contribution in [2.24, 2.45) is 0 Å². The minimum absolute atomic E-state index is 0.184. The lowest BCUT2D eigenvalue weighted by atomic mass is 9.99. The highest BCUT2D eigenvalue weighted by Gasteiger charge is 2.20. The first-order valence-corrected chi connectivity index (χ1v) is 6.25. The molecule has 17 heavy (non-hydrogen) atoms. The van der Waals surface area contributed by atoms with Crippen LogP contribution in [0.4, 0.5) is 0 Å². The van der Waals surface area contributed by atoms with Crippen LogP contribution in [0.5, 0.6) is 0 Å². The summed E-state index contributed by atoms with van der Waals surface area (Å²) in [4.78, 5) is 0. The molecule has 0 spiro atoms. The molecular formula is C13H24N2O2. The number of rotatable bonds is 7. The lowest BCUT2D eigenvalue weighted by molar-refractivity contribution is 0.00198. The van der Waals surface area contributed by atoms with Gasteiger partial charge in [-0.1, -0.05) is 6.92 Å². The van der Waals surface area contributed by atoms with E-state index in [1.807, 2.05) is 24.6 Å². The average molecular weight is 240 g/mol. The number of ether oxygens (including phenoxy) is 1. The molecule has 0 saturated carbocycles. The monoisotopic (exact) mass is 240 g/mol. The van der Waals surface area contributed by atoms with Crippen molar-refractivity contribution in [3.8, 4) is 0 Å². The van der Waals surface area contributed by atoms with Gasteiger partial charge in [-0.3, -0.25) is 4.68 Å². The fourth-order valence-electron chi connectivity index (χ4n) is 1.76. The largest absolute Gasteiger partial charge is 0.387 e. The van der Waals surface area contributed by atoms with E-state index in [0.717, 1.165) is 25.1 Å². The van der Waals surface area contributed by atoms with E-state index in [-0.39, 0.29) is 5.60 Å². The molecule has 98 valence electrons. The Labute approximate surface area is 104 Å². The van der Waals surface area contributed by atoms with Crippen LogP contribution in [0.25, 0.3) is 0 Å². The van der Waals surface area contributed by atoms with E-state index in [0.29, 0.717) is 6.42 Å². The van der Waals surface area contributed by atoms with Crippen LogP contribution in [0.1, 0.15) is 51.8 Å². The van der Waals surface area contributed by atoms with Crippen LogP contribution in [0, 0.1) is 0 Å². The first-order valence-electron chi connectivity index (χ1n) is 6.25. The fourth-order valence-corrected chi connectivity index (χ4v) is 1.76. The highest BCUT2D eigenvalue weighted by Crippen LogP contribution is 2.24. The maximum Gasteiger partial charge on any atom is 0.0957 e. The predicted octanol–water partition coefficient (Wildman–Crippen LogP) is 2.53. The van der Waals surface area contributed by atoms with Crippen molar-refractivity contribution < 1.29 is 9.84 Å². The molecule has 0 aliphatic rings. The second-order valence-corrected chi connectivity index (χ2v) is 5.00. The Kier molecular flexibility index (Phi) is 5.15. The Morgan fingerprint density at radius 2 is 2.24 bits per heavy atom. The van der Waals surface area contributed by atoms with E-state index in [1.54, 1.807) is 13.3 Å². The fraction of sp³-hybridized carbons (Fsp3) is 0.769. The minimum atomic E-state index is -0.460. The van der Waals surface area contributed by atoms with Gasteiger partial charge in [0, 0.05) is 19.9 Å². The van der Waals surface area contributed by atoms with E-state index < -0.39 is 6.10 Å². The van der Waals surface area contributed by atoms with Gasteiger partial charge in [-0.2, -0.15) is 5.10 Å². The number of aryl methyl sites for hydroxylation is 1. The van der Waals surface area contributed by atoms with Crippen LogP contribution in [-0.2, 0) is 11.3 Å². The van der Waals surface area contributed by atoms with E-state index in [4.69, 9.17) is 4.74 Å². The minimum Gasteiger partial charge on any atom is -0.387 e. The number of aliphatic hydroxyl groups is 1. The summed E-state index contributed by atoms with van der Waals surface area (Å²) in [5.74, 6) is 0. The first-order chi connectivity index (χ1) is 8.00. The molecule has 0 aliphatic carbocycles. The molecule has 0 aliphatic heterocycles. The predicted molar refractivity (Wildman–Crippen MR) is 67.8 cm³/mol. The summed E-state index contributed by atoms with van der Waals surface area (Å²) in [5, 5.41) is 14.4. The second kappa shape index (κ2) is 6.17. The molecule has 1 aromatic heterocycles. The number of hydrogen-bond acceptors (Lipinski definition) is 3. The quantitative estimate of drug-likeness (QED) is 0.796. The van der Waals surface area contributed by atoms with E-state index in [2.05, 4.69) is 12.0 Å². The van der Waals surface area contributed by atoms with Gasteiger partial charge in [0.2, 0.25) is 0 Å². The third-order valence-corrected chi connectivity index (χ3v) is 3.10. The van der Waals surface area contributed by atoms with Crippen LogP contribution in [0.15, 0.2) is 12.3 Å². The van der Waals surface area contributed by atoms with Crippen LogP contribution in [0.2, 0.25) is 0 Å². The molecule has 4 nitrogen and oxygen atoms in total. The summed E-state index contributed by atoms with van der Waals surface area (Å²) in [6.07, 6.45) is 3.82. The molecular weight excluding hydrogens is 216 g/mol. The van der Waals surface area contributed by atoms with Gasteiger partial charge in [0.1, 0.15) is 0 Å². The van der Waals surface area contributed by atoms with Gasteiger partial charge in [-0.25, -0.2) is 0 Å². The molecule has 1 rings (SSSR count). The van der Waals surface area contributed by atoms with Gasteiger partial charge < -0.3 is 9.84 Å². The molecule has 0 aromatic carbocycles. The standard InChI is InChI=1S/C13H24N2O2/c1-5-10-15-11(7-9-14-15)12(16)6-8-13(2,3)17-4/h7,9,12,16H,5-6,8,10H2,1-4H3. The second-order valence-electron chi connectivity index (χ2n) is 5.00. The zero-order chi connectivity index (χ0) is 12.9. The van der Waals surface area contributed by atoms with Crippen molar-refractivity contribution in [3.63, 3.8) is 0 Å². The van der Waals surface area contributed by atoms with Crippen molar-refractivity contribution in [2.45, 2.75) is 58.3 Å². The summed E-state index contributed by atoms with van der Waals surface area (Å²) in [6, 6.07) is 1.89. The van der Waals surface area contributed by atoms with Crippen LogP contribution in [-0.4, -0.2) is 27.6 Å². The lowest BCUT2D eigenvalue weighted by Gasteiger charge is -2.24. The van der Waals surface area contributed by atoms with Gasteiger partial charge in [-0.05, 0) is 39.2 Å². The number of hydrogen-bond donors (Lipinski definition) is 1. The SMILES string of the molecule is CCCn1nccc1C(O)CCC(C)(C)OC.